The van der Waals surface area contributed by atoms with E-state index in [0.29, 0.717) is 12.0 Å². The standard InChI is InChI=1S/C21H32N2O5S/c1-4-22-15(2)12-19(16(22)3)21(25)28-13-20(24)23(17-8-6-5-7-9-17)18-10-11-29(26,27)14-18/h12,17-18H,4-11,13-14H2,1-3H3. The molecule has 0 radical (unpaired) electrons. The van der Waals surface area contributed by atoms with Crippen molar-refractivity contribution in [3.8, 4) is 0 Å². The van der Waals surface area contributed by atoms with Crippen molar-refractivity contribution in [1.29, 1.82) is 0 Å². The minimum absolute atomic E-state index is 0.0147. The van der Waals surface area contributed by atoms with Crippen LogP contribution in [0.25, 0.3) is 0 Å². The largest absolute Gasteiger partial charge is 0.452 e. The number of hydrogen-bond donors (Lipinski definition) is 0. The number of aryl methyl sites for hydroxylation is 1. The van der Waals surface area contributed by atoms with Gasteiger partial charge in [0, 0.05) is 30.0 Å². The number of amides is 1. The molecular weight excluding hydrogens is 392 g/mol. The lowest BCUT2D eigenvalue weighted by Gasteiger charge is -2.38. The molecule has 1 aromatic rings. The Morgan fingerprint density at radius 2 is 1.83 bits per heavy atom. The average molecular weight is 425 g/mol. The summed E-state index contributed by atoms with van der Waals surface area (Å²) in [5.41, 5.74) is 2.28. The molecule has 2 aliphatic rings. The highest BCUT2D eigenvalue weighted by atomic mass is 32.2. The van der Waals surface area contributed by atoms with Crippen LogP contribution in [0.15, 0.2) is 6.07 Å². The first-order chi connectivity index (χ1) is 13.7. The van der Waals surface area contributed by atoms with Gasteiger partial charge in [-0.25, -0.2) is 13.2 Å². The number of nitrogens with zero attached hydrogens (tertiary/aromatic N) is 2. The Balaban J connectivity index is 1.70. The molecule has 0 N–H and O–H groups in total. The number of esters is 1. The molecule has 0 aromatic carbocycles. The number of ether oxygens (including phenoxy) is 1. The highest BCUT2D eigenvalue weighted by molar-refractivity contribution is 7.91. The van der Waals surface area contributed by atoms with Crippen LogP contribution in [-0.4, -0.2) is 60.0 Å². The van der Waals surface area contributed by atoms with Crippen molar-refractivity contribution in [3.05, 3.63) is 23.0 Å². The number of aromatic nitrogens is 1. The molecular formula is C21H32N2O5S. The Kier molecular flexibility index (Phi) is 6.71. The van der Waals surface area contributed by atoms with E-state index in [4.69, 9.17) is 4.74 Å². The zero-order valence-electron chi connectivity index (χ0n) is 17.6. The van der Waals surface area contributed by atoms with E-state index in [1.165, 1.54) is 0 Å². The molecule has 1 aliphatic carbocycles. The quantitative estimate of drug-likeness (QED) is 0.656. The molecule has 7 nitrogen and oxygen atoms in total. The third-order valence-electron chi connectivity index (χ3n) is 6.29. The van der Waals surface area contributed by atoms with Gasteiger partial charge >= 0.3 is 5.97 Å². The number of carbonyl (C=O) groups excluding carboxylic acids is 2. The van der Waals surface area contributed by atoms with Gasteiger partial charge < -0.3 is 14.2 Å². The molecule has 1 amide bonds. The van der Waals surface area contributed by atoms with Crippen LogP contribution in [0.4, 0.5) is 0 Å². The summed E-state index contributed by atoms with van der Waals surface area (Å²) < 4.78 is 31.4. The summed E-state index contributed by atoms with van der Waals surface area (Å²) in [7, 11) is -3.10. The second kappa shape index (κ2) is 8.90. The van der Waals surface area contributed by atoms with Crippen LogP contribution in [0.2, 0.25) is 0 Å². The van der Waals surface area contributed by atoms with E-state index >= 15 is 0 Å². The zero-order valence-corrected chi connectivity index (χ0v) is 18.5. The molecule has 0 spiro atoms. The van der Waals surface area contributed by atoms with E-state index in [0.717, 1.165) is 50.0 Å². The van der Waals surface area contributed by atoms with Gasteiger partial charge in [0.25, 0.3) is 5.91 Å². The van der Waals surface area contributed by atoms with Crippen LogP contribution in [-0.2, 0) is 25.9 Å². The van der Waals surface area contributed by atoms with Crippen LogP contribution < -0.4 is 0 Å². The van der Waals surface area contributed by atoms with Crippen LogP contribution in [0.1, 0.15) is 67.2 Å². The fraction of sp³-hybridized carbons (Fsp3) is 0.714. The van der Waals surface area contributed by atoms with Crippen molar-refractivity contribution in [1.82, 2.24) is 9.47 Å². The smallest absolute Gasteiger partial charge is 0.340 e. The van der Waals surface area contributed by atoms with Gasteiger partial charge in [0.2, 0.25) is 0 Å². The maximum Gasteiger partial charge on any atom is 0.340 e. The Morgan fingerprint density at radius 1 is 1.14 bits per heavy atom. The predicted molar refractivity (Wildman–Crippen MR) is 111 cm³/mol. The van der Waals surface area contributed by atoms with Crippen molar-refractivity contribution in [3.63, 3.8) is 0 Å². The molecule has 29 heavy (non-hydrogen) atoms. The first-order valence-electron chi connectivity index (χ1n) is 10.6. The summed E-state index contributed by atoms with van der Waals surface area (Å²) in [4.78, 5) is 27.3. The summed E-state index contributed by atoms with van der Waals surface area (Å²) in [6, 6.07) is 1.52. The predicted octanol–water partition coefficient (Wildman–Crippen LogP) is 2.63. The monoisotopic (exact) mass is 424 g/mol. The molecule has 2 fully saturated rings. The van der Waals surface area contributed by atoms with E-state index in [2.05, 4.69) is 0 Å². The lowest BCUT2D eigenvalue weighted by molar-refractivity contribution is -0.140. The van der Waals surface area contributed by atoms with E-state index in [9.17, 15) is 18.0 Å². The first-order valence-corrected chi connectivity index (χ1v) is 12.4. The van der Waals surface area contributed by atoms with Gasteiger partial charge in [-0.3, -0.25) is 4.79 Å². The van der Waals surface area contributed by atoms with Crippen molar-refractivity contribution >= 4 is 21.7 Å². The second-order valence-electron chi connectivity index (χ2n) is 8.25. The average Bonchev–Trinajstić information content (AvgIpc) is 3.18. The topological polar surface area (TPSA) is 85.7 Å². The number of rotatable bonds is 6. The third-order valence-corrected chi connectivity index (χ3v) is 8.04. The molecule has 1 aliphatic heterocycles. The maximum atomic E-state index is 13.0. The molecule has 1 aromatic heterocycles. The minimum Gasteiger partial charge on any atom is -0.452 e. The third kappa shape index (κ3) is 4.85. The molecule has 8 heteroatoms. The summed E-state index contributed by atoms with van der Waals surface area (Å²) in [6.07, 6.45) is 5.45. The van der Waals surface area contributed by atoms with Gasteiger partial charge in [0.05, 0.1) is 17.1 Å². The fourth-order valence-electron chi connectivity index (χ4n) is 4.83. The minimum atomic E-state index is -3.10. The van der Waals surface area contributed by atoms with Gasteiger partial charge in [-0.15, -0.1) is 0 Å². The Hall–Kier alpha value is -1.83. The molecule has 1 saturated heterocycles. The summed E-state index contributed by atoms with van der Waals surface area (Å²) in [5, 5.41) is 0. The maximum absolute atomic E-state index is 13.0. The Bertz CT molecular complexity index is 868. The molecule has 3 rings (SSSR count). The van der Waals surface area contributed by atoms with Crippen molar-refractivity contribution in [2.45, 2.75) is 77.9 Å². The lowest BCUT2D eigenvalue weighted by atomic mass is 9.93. The molecule has 162 valence electrons. The second-order valence-corrected chi connectivity index (χ2v) is 10.5. The molecule has 1 saturated carbocycles. The summed E-state index contributed by atoms with van der Waals surface area (Å²) >= 11 is 0. The molecule has 2 heterocycles. The van der Waals surface area contributed by atoms with Crippen molar-refractivity contribution in [2.75, 3.05) is 18.1 Å². The highest BCUT2D eigenvalue weighted by Crippen LogP contribution is 2.28. The van der Waals surface area contributed by atoms with Crippen LogP contribution in [0, 0.1) is 13.8 Å². The van der Waals surface area contributed by atoms with Gasteiger partial charge in [0.1, 0.15) is 0 Å². The number of hydrogen-bond acceptors (Lipinski definition) is 5. The lowest BCUT2D eigenvalue weighted by Crippen LogP contribution is -2.50. The van der Waals surface area contributed by atoms with E-state index in [1.807, 2.05) is 25.3 Å². The fourth-order valence-corrected chi connectivity index (χ4v) is 6.54. The van der Waals surface area contributed by atoms with E-state index in [1.54, 1.807) is 11.0 Å². The zero-order chi connectivity index (χ0) is 21.2. The highest BCUT2D eigenvalue weighted by Gasteiger charge is 2.38. The summed E-state index contributed by atoms with van der Waals surface area (Å²) in [6.45, 7) is 6.23. The Labute approximate surface area is 173 Å². The molecule has 1 unspecified atom stereocenters. The van der Waals surface area contributed by atoms with Crippen LogP contribution in [0.5, 0.6) is 0 Å². The van der Waals surface area contributed by atoms with E-state index in [-0.39, 0.29) is 36.1 Å². The summed E-state index contributed by atoms with van der Waals surface area (Å²) in [5.74, 6) is -0.650. The number of sulfone groups is 1. The van der Waals surface area contributed by atoms with Crippen molar-refractivity contribution in [2.24, 2.45) is 0 Å². The van der Waals surface area contributed by atoms with E-state index < -0.39 is 15.8 Å². The SMILES string of the molecule is CCn1c(C)cc(C(=O)OCC(=O)N(C2CCCCC2)C2CCS(=O)(=O)C2)c1C. The normalized spacial score (nSPS) is 21.8. The van der Waals surface area contributed by atoms with Gasteiger partial charge in [-0.05, 0) is 46.1 Å². The van der Waals surface area contributed by atoms with Gasteiger partial charge in [-0.1, -0.05) is 19.3 Å². The molecule has 0 bridgehead atoms. The Morgan fingerprint density at radius 3 is 2.38 bits per heavy atom. The van der Waals surface area contributed by atoms with Gasteiger partial charge in [-0.2, -0.15) is 0 Å². The molecule has 1 atom stereocenters. The van der Waals surface area contributed by atoms with Crippen LogP contribution in [0.3, 0.4) is 0 Å². The number of carbonyl (C=O) groups is 2. The first kappa shape index (κ1) is 21.9. The van der Waals surface area contributed by atoms with Crippen LogP contribution >= 0.6 is 0 Å². The van der Waals surface area contributed by atoms with Gasteiger partial charge in [0.15, 0.2) is 16.4 Å². The van der Waals surface area contributed by atoms with Crippen molar-refractivity contribution < 1.29 is 22.7 Å².